The van der Waals surface area contributed by atoms with Crippen molar-refractivity contribution in [3.63, 3.8) is 0 Å². The molecule has 0 fully saturated rings. The van der Waals surface area contributed by atoms with E-state index in [4.69, 9.17) is 0 Å². The topological polar surface area (TPSA) is 107 Å². The van der Waals surface area contributed by atoms with Gasteiger partial charge in [-0.05, 0) is 38.2 Å². The van der Waals surface area contributed by atoms with Gasteiger partial charge in [0.15, 0.2) is 0 Å². The summed E-state index contributed by atoms with van der Waals surface area (Å²) in [7, 11) is 0. The average molecular weight is 412 g/mol. The lowest BCUT2D eigenvalue weighted by atomic mass is 10.0. The van der Waals surface area contributed by atoms with Crippen LogP contribution in [-0.2, 0) is 19.3 Å². The molecule has 0 saturated carbocycles. The fraction of sp³-hybridized carbons (Fsp3) is 0.350. The number of benzene rings is 1. The fourth-order valence-electron chi connectivity index (χ4n) is 3.70. The molecule has 2 aliphatic heterocycles. The molecule has 1 aromatic rings. The van der Waals surface area contributed by atoms with Gasteiger partial charge in [0.1, 0.15) is 15.6 Å². The average Bonchev–Trinajstić information content (AvgIpc) is 3.03. The highest BCUT2D eigenvalue weighted by Crippen LogP contribution is 2.26. The van der Waals surface area contributed by atoms with Gasteiger partial charge in [0.05, 0.1) is 16.3 Å². The number of rotatable bonds is 5. The van der Waals surface area contributed by atoms with Crippen LogP contribution < -0.4 is 10.9 Å². The molecule has 8 nitrogen and oxygen atoms in total. The molecule has 4 rings (SSSR count). The summed E-state index contributed by atoms with van der Waals surface area (Å²) in [6, 6.07) is 5.79. The zero-order chi connectivity index (χ0) is 20.5. The predicted molar refractivity (Wildman–Crippen MR) is 109 cm³/mol. The van der Waals surface area contributed by atoms with Gasteiger partial charge in [0.25, 0.3) is 11.6 Å². The Balaban J connectivity index is 1.89. The number of aryl methyl sites for hydroxylation is 2. The summed E-state index contributed by atoms with van der Waals surface area (Å²) in [6.45, 7) is 1.98. The summed E-state index contributed by atoms with van der Waals surface area (Å²) in [5.74, 6) is -0.620. The van der Waals surface area contributed by atoms with Gasteiger partial charge in [-0.1, -0.05) is 25.5 Å². The number of fused-ring (bicyclic) bond motifs is 1. The standard InChI is InChI=1S/C20H20N4O4S/c1-2-7-13-18(25)17-20(21-13)29-16-11-6-5-10-15(16)23(17)22-19(26)12-8-3-4-9-14(12)24(27)28/h3-4,8-9H,2,5-7,10-11H2,1H3,(H,22,26). The number of hydrogen-bond acceptors (Lipinski definition) is 6. The minimum atomic E-state index is -0.620. The van der Waals surface area contributed by atoms with Crippen LogP contribution in [0.2, 0.25) is 0 Å². The van der Waals surface area contributed by atoms with E-state index in [9.17, 15) is 19.7 Å². The predicted octanol–water partition coefficient (Wildman–Crippen LogP) is 3.15. The van der Waals surface area contributed by atoms with Crippen LogP contribution in [0.25, 0.3) is 0 Å². The van der Waals surface area contributed by atoms with Gasteiger partial charge in [-0.3, -0.25) is 25.1 Å². The number of nitro groups is 1. The molecule has 0 spiro atoms. The summed E-state index contributed by atoms with van der Waals surface area (Å²) in [5, 5.41) is 11.7. The molecule has 29 heavy (non-hydrogen) atoms. The van der Waals surface area contributed by atoms with E-state index >= 15 is 0 Å². The smallest absolute Gasteiger partial charge is 0.282 e. The van der Waals surface area contributed by atoms with Crippen LogP contribution in [0.3, 0.4) is 0 Å². The van der Waals surface area contributed by atoms with Crippen molar-refractivity contribution < 1.29 is 9.72 Å². The normalized spacial score (nSPS) is 13.3. The zero-order valence-corrected chi connectivity index (χ0v) is 16.8. The Bertz CT molecular complexity index is 1230. The first-order chi connectivity index (χ1) is 14.0. The molecule has 1 aliphatic carbocycles. The summed E-state index contributed by atoms with van der Waals surface area (Å²) < 4.78 is 2.13. The number of nitrogens with zero attached hydrogens (tertiary/aromatic N) is 3. The molecule has 1 amide bonds. The highest BCUT2D eigenvalue weighted by atomic mass is 32.1. The fourth-order valence-corrected chi connectivity index (χ4v) is 4.93. The number of aromatic nitrogens is 2. The first kappa shape index (κ1) is 19.3. The first-order valence-corrected chi connectivity index (χ1v) is 10.4. The summed E-state index contributed by atoms with van der Waals surface area (Å²) in [5.41, 5.74) is 3.63. The Labute approximate surface area is 170 Å². The van der Waals surface area contributed by atoms with E-state index in [1.54, 1.807) is 6.07 Å². The summed E-state index contributed by atoms with van der Waals surface area (Å²) in [6.07, 6.45) is 4.96. The molecule has 0 atom stereocenters. The number of para-hydroxylation sites is 1. The summed E-state index contributed by atoms with van der Waals surface area (Å²) >= 11 is 1.50. The zero-order valence-electron chi connectivity index (χ0n) is 15.9. The van der Waals surface area contributed by atoms with Gasteiger partial charge < -0.3 is 0 Å². The molecule has 0 unspecified atom stereocenters. The second-order valence-electron chi connectivity index (χ2n) is 7.02. The van der Waals surface area contributed by atoms with Crippen molar-refractivity contribution in [2.75, 3.05) is 5.43 Å². The van der Waals surface area contributed by atoms with Gasteiger partial charge in [0.2, 0.25) is 5.43 Å². The van der Waals surface area contributed by atoms with Crippen molar-refractivity contribution >= 4 is 22.9 Å². The van der Waals surface area contributed by atoms with Crippen LogP contribution in [-0.4, -0.2) is 20.5 Å². The lowest BCUT2D eigenvalue weighted by Crippen LogP contribution is -2.31. The molecule has 9 heteroatoms. The molecule has 0 aromatic heterocycles. The minimum absolute atomic E-state index is 0.0454. The Hall–Kier alpha value is -3.07. The van der Waals surface area contributed by atoms with Crippen molar-refractivity contribution in [1.29, 1.82) is 0 Å². The lowest BCUT2D eigenvalue weighted by Gasteiger charge is -2.21. The highest BCUT2D eigenvalue weighted by Gasteiger charge is 2.24. The number of carbonyl (C=O) groups is 1. The number of nitrogens with one attached hydrogen (secondary N) is 1. The van der Waals surface area contributed by atoms with Crippen LogP contribution in [0.15, 0.2) is 29.1 Å². The molecule has 150 valence electrons. The van der Waals surface area contributed by atoms with Crippen molar-refractivity contribution in [1.82, 2.24) is 9.66 Å². The van der Waals surface area contributed by atoms with E-state index in [0.717, 1.165) is 42.7 Å². The van der Waals surface area contributed by atoms with E-state index in [1.165, 1.54) is 34.2 Å². The van der Waals surface area contributed by atoms with Crippen LogP contribution >= 0.6 is 11.3 Å². The maximum absolute atomic E-state index is 13.0. The third kappa shape index (κ3) is 3.42. The molecular formula is C20H20N4O4S. The van der Waals surface area contributed by atoms with Gasteiger partial charge >= 0.3 is 0 Å². The van der Waals surface area contributed by atoms with Gasteiger partial charge in [0, 0.05) is 10.9 Å². The van der Waals surface area contributed by atoms with E-state index in [2.05, 4.69) is 10.4 Å². The molecule has 1 N–H and O–H groups in total. The molecule has 0 radical (unpaired) electrons. The Morgan fingerprint density at radius 2 is 2.07 bits per heavy atom. The van der Waals surface area contributed by atoms with Crippen molar-refractivity contribution in [2.24, 2.45) is 0 Å². The Morgan fingerprint density at radius 1 is 1.31 bits per heavy atom. The first-order valence-electron chi connectivity index (χ1n) is 9.62. The molecule has 0 bridgehead atoms. The molecule has 0 saturated heterocycles. The van der Waals surface area contributed by atoms with E-state index in [-0.39, 0.29) is 16.7 Å². The minimum Gasteiger partial charge on any atom is -0.285 e. The van der Waals surface area contributed by atoms with Crippen LogP contribution in [0.5, 0.6) is 0 Å². The number of carbonyl (C=O) groups excluding carboxylic acids is 1. The third-order valence-electron chi connectivity index (χ3n) is 5.06. The Morgan fingerprint density at radius 3 is 2.83 bits per heavy atom. The van der Waals surface area contributed by atoms with Gasteiger partial charge in [-0.15, -0.1) is 11.3 Å². The number of hydrogen-bond donors (Lipinski definition) is 1. The SMILES string of the molecule is CCCc1nc2sc3c(n(NC(=O)c4ccccc4[N+](=O)[O-])c=2c1=O)CCCC3. The molecular weight excluding hydrogens is 392 g/mol. The van der Waals surface area contributed by atoms with Crippen molar-refractivity contribution in [2.45, 2.75) is 45.4 Å². The van der Waals surface area contributed by atoms with Crippen LogP contribution in [0.4, 0.5) is 5.69 Å². The second-order valence-corrected chi connectivity index (χ2v) is 8.10. The lowest BCUT2D eigenvalue weighted by molar-refractivity contribution is -0.385. The molecule has 2 heterocycles. The third-order valence-corrected chi connectivity index (χ3v) is 6.23. The second kappa shape index (κ2) is 7.75. The summed E-state index contributed by atoms with van der Waals surface area (Å²) in [4.78, 5) is 42.3. The maximum atomic E-state index is 13.0. The van der Waals surface area contributed by atoms with E-state index in [1.807, 2.05) is 6.92 Å². The van der Waals surface area contributed by atoms with Crippen LogP contribution in [0, 0.1) is 20.1 Å². The monoisotopic (exact) mass is 412 g/mol. The molecule has 1 aromatic carbocycles. The van der Waals surface area contributed by atoms with Gasteiger partial charge in [-0.2, -0.15) is 0 Å². The largest absolute Gasteiger partial charge is 0.285 e. The highest BCUT2D eigenvalue weighted by molar-refractivity contribution is 7.09. The van der Waals surface area contributed by atoms with Crippen molar-refractivity contribution in [3.05, 3.63) is 76.4 Å². The van der Waals surface area contributed by atoms with E-state index < -0.39 is 10.8 Å². The number of nitro benzene ring substituents is 1. The Kier molecular flexibility index (Phi) is 5.14. The molecule has 3 aliphatic rings. The quantitative estimate of drug-likeness (QED) is 0.512. The maximum Gasteiger partial charge on any atom is 0.282 e. The van der Waals surface area contributed by atoms with Crippen molar-refractivity contribution in [3.8, 4) is 0 Å². The number of amides is 1. The van der Waals surface area contributed by atoms with Crippen LogP contribution in [0.1, 0.15) is 52.8 Å². The van der Waals surface area contributed by atoms with E-state index in [0.29, 0.717) is 22.1 Å². The van der Waals surface area contributed by atoms with Gasteiger partial charge in [-0.25, -0.2) is 9.66 Å².